The minimum Gasteiger partial charge on any atom is -0.494 e. The van der Waals surface area contributed by atoms with Crippen LogP contribution in [-0.4, -0.2) is 6.61 Å². The summed E-state index contributed by atoms with van der Waals surface area (Å²) < 4.78 is 6.62. The van der Waals surface area contributed by atoms with Gasteiger partial charge in [0.1, 0.15) is 5.75 Å². The highest BCUT2D eigenvalue weighted by Crippen LogP contribution is 2.52. The molecule has 0 aliphatic heterocycles. The number of nitrogens with two attached hydrogens (primary N) is 1. The van der Waals surface area contributed by atoms with E-state index in [0.29, 0.717) is 12.5 Å². The first-order valence-corrected chi connectivity index (χ1v) is 8.16. The molecule has 2 saturated carbocycles. The van der Waals surface area contributed by atoms with E-state index in [9.17, 15) is 0 Å². The molecule has 3 rings (SSSR count). The lowest BCUT2D eigenvalue weighted by molar-refractivity contribution is 0.283. The number of rotatable bonds is 4. The molecule has 4 unspecified atom stereocenters. The Morgan fingerprint density at radius 2 is 2.21 bits per heavy atom. The Hall–Kier alpha value is -0.540. The van der Waals surface area contributed by atoms with Gasteiger partial charge in [-0.25, -0.2) is 0 Å². The van der Waals surface area contributed by atoms with Crippen molar-refractivity contribution in [2.24, 2.45) is 23.5 Å². The van der Waals surface area contributed by atoms with Crippen molar-refractivity contribution in [3.05, 3.63) is 28.2 Å². The summed E-state index contributed by atoms with van der Waals surface area (Å²) in [6.07, 6.45) is 5.55. The first-order chi connectivity index (χ1) is 9.19. The smallest absolute Gasteiger partial charge is 0.120 e. The Morgan fingerprint density at radius 3 is 2.79 bits per heavy atom. The maximum atomic E-state index is 6.54. The second kappa shape index (κ2) is 5.45. The summed E-state index contributed by atoms with van der Waals surface area (Å²) in [6, 6.07) is 6.38. The van der Waals surface area contributed by atoms with Crippen LogP contribution in [0.4, 0.5) is 0 Å². The van der Waals surface area contributed by atoms with Crippen LogP contribution in [0.2, 0.25) is 0 Å². The average Bonchev–Trinajstić information content (AvgIpc) is 3.01. The first kappa shape index (κ1) is 13.4. The van der Waals surface area contributed by atoms with Gasteiger partial charge in [0, 0.05) is 10.5 Å². The molecule has 0 spiro atoms. The minimum absolute atomic E-state index is 0.167. The number of benzene rings is 1. The highest BCUT2D eigenvalue weighted by Gasteiger charge is 2.42. The number of ether oxygens (including phenoxy) is 1. The van der Waals surface area contributed by atoms with E-state index in [-0.39, 0.29) is 6.04 Å². The van der Waals surface area contributed by atoms with Crippen molar-refractivity contribution in [3.8, 4) is 5.75 Å². The zero-order valence-electron chi connectivity index (χ0n) is 11.4. The van der Waals surface area contributed by atoms with Gasteiger partial charge in [-0.15, -0.1) is 0 Å². The predicted molar refractivity (Wildman–Crippen MR) is 81.2 cm³/mol. The van der Waals surface area contributed by atoms with Crippen molar-refractivity contribution in [3.63, 3.8) is 0 Å². The minimum atomic E-state index is 0.167. The lowest BCUT2D eigenvalue weighted by Gasteiger charge is -2.28. The maximum Gasteiger partial charge on any atom is 0.120 e. The van der Waals surface area contributed by atoms with E-state index in [1.807, 2.05) is 19.1 Å². The standard InChI is InChI=1S/C16H22BrNO/c1-2-19-12-5-6-13(15(17)9-12)16(18)14-8-10-3-4-11(14)7-10/h5-6,9-11,14,16H,2-4,7-8,18H2,1H3. The van der Waals surface area contributed by atoms with Gasteiger partial charge in [0.15, 0.2) is 0 Å². The highest BCUT2D eigenvalue weighted by atomic mass is 79.9. The Balaban J connectivity index is 1.78. The van der Waals surface area contributed by atoms with E-state index < -0.39 is 0 Å². The van der Waals surface area contributed by atoms with Crippen LogP contribution in [0.5, 0.6) is 5.75 Å². The molecule has 0 amide bonds. The van der Waals surface area contributed by atoms with Crippen LogP contribution in [0.1, 0.15) is 44.2 Å². The number of hydrogen-bond acceptors (Lipinski definition) is 2. The molecule has 2 fully saturated rings. The van der Waals surface area contributed by atoms with Crippen molar-refractivity contribution in [1.82, 2.24) is 0 Å². The molecule has 1 aromatic rings. The van der Waals surface area contributed by atoms with Gasteiger partial charge in [-0.05, 0) is 61.6 Å². The molecule has 0 aromatic heterocycles. The normalized spacial score (nSPS) is 30.6. The van der Waals surface area contributed by atoms with E-state index in [4.69, 9.17) is 10.5 Å². The molecular weight excluding hydrogens is 302 g/mol. The van der Waals surface area contributed by atoms with E-state index in [1.54, 1.807) is 0 Å². The lowest BCUT2D eigenvalue weighted by Crippen LogP contribution is -2.26. The lowest BCUT2D eigenvalue weighted by atomic mass is 9.81. The second-order valence-corrected chi connectivity index (χ2v) is 6.84. The van der Waals surface area contributed by atoms with Crippen molar-refractivity contribution in [2.75, 3.05) is 6.61 Å². The van der Waals surface area contributed by atoms with Crippen LogP contribution in [0.3, 0.4) is 0 Å². The highest BCUT2D eigenvalue weighted by molar-refractivity contribution is 9.10. The van der Waals surface area contributed by atoms with Crippen LogP contribution >= 0.6 is 15.9 Å². The van der Waals surface area contributed by atoms with Gasteiger partial charge in [-0.1, -0.05) is 28.4 Å². The Kier molecular flexibility index (Phi) is 3.86. The largest absolute Gasteiger partial charge is 0.494 e. The summed E-state index contributed by atoms with van der Waals surface area (Å²) in [5.74, 6) is 3.40. The van der Waals surface area contributed by atoms with Gasteiger partial charge < -0.3 is 10.5 Å². The molecule has 0 radical (unpaired) electrons. The molecule has 2 N–H and O–H groups in total. The van der Waals surface area contributed by atoms with Crippen molar-refractivity contribution in [1.29, 1.82) is 0 Å². The Bertz CT molecular complexity index is 462. The third kappa shape index (κ3) is 2.55. The molecule has 0 heterocycles. The maximum absolute atomic E-state index is 6.54. The van der Waals surface area contributed by atoms with Crippen molar-refractivity contribution >= 4 is 15.9 Å². The van der Waals surface area contributed by atoms with Crippen LogP contribution in [0.25, 0.3) is 0 Å². The van der Waals surface area contributed by atoms with E-state index in [1.165, 1.54) is 31.2 Å². The fourth-order valence-corrected chi connectivity index (χ4v) is 4.62. The van der Waals surface area contributed by atoms with Gasteiger partial charge in [0.2, 0.25) is 0 Å². The average molecular weight is 324 g/mol. The Morgan fingerprint density at radius 1 is 1.37 bits per heavy atom. The molecule has 2 aliphatic rings. The summed E-state index contributed by atoms with van der Waals surface area (Å²) in [5, 5.41) is 0. The summed E-state index contributed by atoms with van der Waals surface area (Å²) in [4.78, 5) is 0. The van der Waals surface area contributed by atoms with Crippen LogP contribution in [0, 0.1) is 17.8 Å². The van der Waals surface area contributed by atoms with Gasteiger partial charge >= 0.3 is 0 Å². The van der Waals surface area contributed by atoms with E-state index in [2.05, 4.69) is 22.0 Å². The van der Waals surface area contributed by atoms with Gasteiger partial charge in [-0.3, -0.25) is 0 Å². The van der Waals surface area contributed by atoms with Gasteiger partial charge in [-0.2, -0.15) is 0 Å². The van der Waals surface area contributed by atoms with E-state index in [0.717, 1.165) is 22.1 Å². The third-order valence-electron chi connectivity index (χ3n) is 4.90. The molecule has 2 nitrogen and oxygen atoms in total. The monoisotopic (exact) mass is 323 g/mol. The Labute approximate surface area is 123 Å². The fraction of sp³-hybridized carbons (Fsp3) is 0.625. The van der Waals surface area contributed by atoms with Gasteiger partial charge in [0.05, 0.1) is 6.61 Å². The number of halogens is 1. The summed E-state index contributed by atoms with van der Waals surface area (Å²) in [7, 11) is 0. The van der Waals surface area contributed by atoms with Crippen molar-refractivity contribution in [2.45, 2.75) is 38.6 Å². The molecule has 2 bridgehead atoms. The summed E-state index contributed by atoms with van der Waals surface area (Å²) in [6.45, 7) is 2.70. The molecule has 2 aliphatic carbocycles. The number of fused-ring (bicyclic) bond motifs is 2. The first-order valence-electron chi connectivity index (χ1n) is 7.37. The third-order valence-corrected chi connectivity index (χ3v) is 5.58. The zero-order chi connectivity index (χ0) is 13.4. The topological polar surface area (TPSA) is 35.2 Å². The predicted octanol–water partition coefficient (Wildman–Crippen LogP) is 4.28. The second-order valence-electron chi connectivity index (χ2n) is 5.98. The molecule has 19 heavy (non-hydrogen) atoms. The van der Waals surface area contributed by atoms with Crippen LogP contribution in [0.15, 0.2) is 22.7 Å². The van der Waals surface area contributed by atoms with Crippen LogP contribution in [-0.2, 0) is 0 Å². The quantitative estimate of drug-likeness (QED) is 0.897. The summed E-state index contributed by atoms with van der Waals surface area (Å²) in [5.41, 5.74) is 7.78. The van der Waals surface area contributed by atoms with Crippen molar-refractivity contribution < 1.29 is 4.74 Å². The molecule has 4 atom stereocenters. The SMILES string of the molecule is CCOc1ccc(C(N)C2CC3CCC2C3)c(Br)c1. The number of hydrogen-bond donors (Lipinski definition) is 1. The zero-order valence-corrected chi connectivity index (χ0v) is 13.0. The van der Waals surface area contributed by atoms with E-state index >= 15 is 0 Å². The molecule has 1 aromatic carbocycles. The molecule has 0 saturated heterocycles. The fourth-order valence-electron chi connectivity index (χ4n) is 4.00. The summed E-state index contributed by atoms with van der Waals surface area (Å²) >= 11 is 3.66. The molecule has 3 heteroatoms. The molecular formula is C16H22BrNO. The van der Waals surface area contributed by atoms with Crippen LogP contribution < -0.4 is 10.5 Å². The molecule has 104 valence electrons. The van der Waals surface area contributed by atoms with Gasteiger partial charge in [0.25, 0.3) is 0 Å².